The average molecular weight is 384 g/mol. The van der Waals surface area contributed by atoms with Crippen LogP contribution in [0.1, 0.15) is 16.7 Å². The SMILES string of the molecule is Cc1ccc(N/N=C/c2c(O)n(-c3ccccn3)c(=O)c3ccccc23)c(C)c1. The number of nitrogens with zero attached hydrogens (tertiary/aromatic N) is 3. The Morgan fingerprint density at radius 1 is 1.03 bits per heavy atom. The van der Waals surface area contributed by atoms with Gasteiger partial charge in [0, 0.05) is 17.0 Å². The zero-order chi connectivity index (χ0) is 20.4. The smallest absolute Gasteiger partial charge is 0.267 e. The Hall–Kier alpha value is -3.93. The lowest BCUT2D eigenvalue weighted by Gasteiger charge is -2.13. The van der Waals surface area contributed by atoms with Crippen LogP contribution in [0.15, 0.2) is 76.8 Å². The first kappa shape index (κ1) is 18.4. The average Bonchev–Trinajstić information content (AvgIpc) is 2.73. The van der Waals surface area contributed by atoms with E-state index in [-0.39, 0.29) is 11.4 Å². The highest BCUT2D eigenvalue weighted by Crippen LogP contribution is 2.25. The van der Waals surface area contributed by atoms with E-state index in [0.717, 1.165) is 11.3 Å². The molecule has 4 rings (SSSR count). The van der Waals surface area contributed by atoms with Gasteiger partial charge in [-0.15, -0.1) is 0 Å². The predicted molar refractivity (Wildman–Crippen MR) is 116 cm³/mol. The molecule has 0 aliphatic carbocycles. The zero-order valence-electron chi connectivity index (χ0n) is 16.1. The molecule has 0 amide bonds. The van der Waals surface area contributed by atoms with Gasteiger partial charge in [-0.3, -0.25) is 10.2 Å². The molecule has 6 heteroatoms. The number of anilines is 1. The normalized spacial score (nSPS) is 11.2. The highest BCUT2D eigenvalue weighted by molar-refractivity contribution is 6.01. The van der Waals surface area contributed by atoms with Gasteiger partial charge < -0.3 is 5.11 Å². The van der Waals surface area contributed by atoms with E-state index in [1.54, 1.807) is 42.6 Å². The van der Waals surface area contributed by atoms with Crippen molar-refractivity contribution < 1.29 is 5.11 Å². The van der Waals surface area contributed by atoms with Crippen molar-refractivity contribution >= 4 is 22.7 Å². The van der Waals surface area contributed by atoms with Gasteiger partial charge in [0.15, 0.2) is 0 Å². The molecule has 0 bridgehead atoms. The van der Waals surface area contributed by atoms with Crippen molar-refractivity contribution in [1.82, 2.24) is 9.55 Å². The fraction of sp³-hybridized carbons (Fsp3) is 0.0870. The molecule has 0 aliphatic heterocycles. The monoisotopic (exact) mass is 384 g/mol. The molecule has 0 atom stereocenters. The molecular weight excluding hydrogens is 364 g/mol. The number of benzene rings is 2. The van der Waals surface area contributed by atoms with Gasteiger partial charge in [0.2, 0.25) is 5.88 Å². The van der Waals surface area contributed by atoms with Crippen LogP contribution in [0.5, 0.6) is 5.88 Å². The van der Waals surface area contributed by atoms with Gasteiger partial charge in [-0.25, -0.2) is 9.55 Å². The van der Waals surface area contributed by atoms with Crippen molar-refractivity contribution in [1.29, 1.82) is 0 Å². The number of rotatable bonds is 4. The summed E-state index contributed by atoms with van der Waals surface area (Å²) in [6.07, 6.45) is 3.10. The van der Waals surface area contributed by atoms with Crippen LogP contribution in [0.2, 0.25) is 0 Å². The van der Waals surface area contributed by atoms with E-state index in [0.29, 0.717) is 22.2 Å². The summed E-state index contributed by atoms with van der Waals surface area (Å²) in [7, 11) is 0. The minimum atomic E-state index is -0.337. The highest BCUT2D eigenvalue weighted by atomic mass is 16.3. The number of pyridine rings is 2. The fourth-order valence-corrected chi connectivity index (χ4v) is 3.29. The Morgan fingerprint density at radius 2 is 1.79 bits per heavy atom. The van der Waals surface area contributed by atoms with E-state index in [4.69, 9.17) is 0 Å². The molecular formula is C23H20N4O2. The molecule has 0 aliphatic rings. The summed E-state index contributed by atoms with van der Waals surface area (Å²) in [4.78, 5) is 17.2. The van der Waals surface area contributed by atoms with Gasteiger partial charge in [0.25, 0.3) is 5.56 Å². The van der Waals surface area contributed by atoms with Gasteiger partial charge in [0.1, 0.15) is 5.82 Å². The standard InChI is InChI=1S/C23H20N4O2/c1-15-10-11-20(16(2)13-15)26-25-14-19-17-7-3-4-8-18(17)22(28)27(23(19)29)21-9-5-6-12-24-21/h3-14,26,29H,1-2H3/b25-14+. The van der Waals surface area contributed by atoms with Crippen LogP contribution in [0.25, 0.3) is 16.6 Å². The minimum Gasteiger partial charge on any atom is -0.494 e. The Bertz CT molecular complexity index is 1280. The number of aromatic nitrogens is 2. The van der Waals surface area contributed by atoms with Crippen LogP contribution >= 0.6 is 0 Å². The second kappa shape index (κ2) is 7.59. The van der Waals surface area contributed by atoms with Gasteiger partial charge in [0.05, 0.1) is 17.5 Å². The first-order chi connectivity index (χ1) is 14.1. The second-order valence-electron chi connectivity index (χ2n) is 6.80. The number of hydrogen-bond acceptors (Lipinski definition) is 5. The number of aromatic hydroxyl groups is 1. The Morgan fingerprint density at radius 3 is 2.52 bits per heavy atom. The molecule has 2 heterocycles. The molecule has 2 aromatic carbocycles. The van der Waals surface area contributed by atoms with Gasteiger partial charge in [-0.05, 0) is 43.7 Å². The Kier molecular flexibility index (Phi) is 4.83. The summed E-state index contributed by atoms with van der Waals surface area (Å²) < 4.78 is 1.20. The summed E-state index contributed by atoms with van der Waals surface area (Å²) in [5.41, 5.74) is 6.21. The quantitative estimate of drug-likeness (QED) is 0.409. The summed E-state index contributed by atoms with van der Waals surface area (Å²) in [6.45, 7) is 4.03. The molecule has 6 nitrogen and oxygen atoms in total. The first-order valence-corrected chi connectivity index (χ1v) is 9.20. The van der Waals surface area contributed by atoms with Crippen molar-refractivity contribution in [2.75, 3.05) is 5.43 Å². The molecule has 2 aromatic heterocycles. The largest absolute Gasteiger partial charge is 0.494 e. The number of fused-ring (bicyclic) bond motifs is 1. The van der Waals surface area contributed by atoms with Gasteiger partial charge >= 0.3 is 0 Å². The van der Waals surface area contributed by atoms with E-state index < -0.39 is 0 Å². The van der Waals surface area contributed by atoms with Crippen molar-refractivity contribution in [2.45, 2.75) is 13.8 Å². The topological polar surface area (TPSA) is 79.5 Å². The summed E-state index contributed by atoms with van der Waals surface area (Å²) in [5, 5.41) is 16.3. The maximum atomic E-state index is 13.0. The lowest BCUT2D eigenvalue weighted by atomic mass is 10.1. The molecule has 144 valence electrons. The molecule has 4 aromatic rings. The van der Waals surface area contributed by atoms with Crippen LogP contribution in [0.4, 0.5) is 5.69 Å². The summed E-state index contributed by atoms with van der Waals surface area (Å²) in [6, 6.07) is 18.3. The minimum absolute atomic E-state index is 0.210. The number of nitrogens with one attached hydrogen (secondary N) is 1. The molecule has 0 radical (unpaired) electrons. The van der Waals surface area contributed by atoms with E-state index in [2.05, 4.69) is 21.6 Å². The van der Waals surface area contributed by atoms with Crippen LogP contribution in [-0.2, 0) is 0 Å². The molecule has 2 N–H and O–H groups in total. The molecule has 29 heavy (non-hydrogen) atoms. The lowest BCUT2D eigenvalue weighted by Crippen LogP contribution is -2.21. The van der Waals surface area contributed by atoms with E-state index in [9.17, 15) is 9.90 Å². The number of hydrogen-bond donors (Lipinski definition) is 2. The van der Waals surface area contributed by atoms with E-state index in [1.807, 2.05) is 32.0 Å². The second-order valence-corrected chi connectivity index (χ2v) is 6.80. The summed E-state index contributed by atoms with van der Waals surface area (Å²) in [5.74, 6) is 0.135. The molecule has 0 fully saturated rings. The van der Waals surface area contributed by atoms with E-state index >= 15 is 0 Å². The molecule has 0 saturated carbocycles. The molecule has 0 spiro atoms. The Balaban J connectivity index is 1.84. The zero-order valence-corrected chi connectivity index (χ0v) is 16.1. The lowest BCUT2D eigenvalue weighted by molar-refractivity contribution is 0.435. The highest BCUT2D eigenvalue weighted by Gasteiger charge is 2.16. The van der Waals surface area contributed by atoms with E-state index in [1.165, 1.54) is 16.3 Å². The maximum absolute atomic E-state index is 13.0. The first-order valence-electron chi connectivity index (χ1n) is 9.20. The third kappa shape index (κ3) is 3.48. The number of hydrazone groups is 1. The fourth-order valence-electron chi connectivity index (χ4n) is 3.29. The van der Waals surface area contributed by atoms with Crippen LogP contribution < -0.4 is 11.0 Å². The van der Waals surface area contributed by atoms with Crippen LogP contribution in [0, 0.1) is 13.8 Å². The van der Waals surface area contributed by atoms with Gasteiger partial charge in [-0.1, -0.05) is 42.0 Å². The van der Waals surface area contributed by atoms with Crippen molar-refractivity contribution in [3.63, 3.8) is 0 Å². The number of aryl methyl sites for hydroxylation is 2. The third-order valence-corrected chi connectivity index (χ3v) is 4.74. The Labute approximate surface area is 167 Å². The predicted octanol–water partition coefficient (Wildman–Crippen LogP) is 4.15. The molecule has 0 unspecified atom stereocenters. The maximum Gasteiger partial charge on any atom is 0.267 e. The summed E-state index contributed by atoms with van der Waals surface area (Å²) >= 11 is 0. The van der Waals surface area contributed by atoms with Crippen LogP contribution in [0.3, 0.4) is 0 Å². The molecule has 0 saturated heterocycles. The third-order valence-electron chi connectivity index (χ3n) is 4.74. The van der Waals surface area contributed by atoms with Crippen molar-refractivity contribution in [2.24, 2.45) is 5.10 Å². The van der Waals surface area contributed by atoms with Crippen molar-refractivity contribution in [3.8, 4) is 11.7 Å². The van der Waals surface area contributed by atoms with Crippen LogP contribution in [-0.4, -0.2) is 20.9 Å². The van der Waals surface area contributed by atoms with Gasteiger partial charge in [-0.2, -0.15) is 5.10 Å². The van der Waals surface area contributed by atoms with Crippen molar-refractivity contribution in [3.05, 3.63) is 93.9 Å².